The molecule has 0 aromatic carbocycles. The second-order valence-electron chi connectivity index (χ2n) is 6.69. The van der Waals surface area contributed by atoms with Crippen LogP contribution >= 0.6 is 0 Å². The van der Waals surface area contributed by atoms with E-state index in [1.54, 1.807) is 0 Å². The molecule has 0 amide bonds. The molecule has 0 radical (unpaired) electrons. The van der Waals surface area contributed by atoms with Gasteiger partial charge in [0.15, 0.2) is 0 Å². The Labute approximate surface area is 105 Å². The van der Waals surface area contributed by atoms with Crippen molar-refractivity contribution in [2.45, 2.75) is 75.9 Å². The number of nitrogens with two attached hydrogens (primary N) is 1. The zero-order chi connectivity index (χ0) is 11.7. The van der Waals surface area contributed by atoms with Crippen molar-refractivity contribution in [3.8, 4) is 0 Å². The van der Waals surface area contributed by atoms with Crippen molar-refractivity contribution < 1.29 is 4.74 Å². The summed E-state index contributed by atoms with van der Waals surface area (Å²) in [4.78, 5) is 0. The molecule has 1 heterocycles. The summed E-state index contributed by atoms with van der Waals surface area (Å²) in [5.74, 6) is 1.69. The third-order valence-corrected chi connectivity index (χ3v) is 5.48. The van der Waals surface area contributed by atoms with Crippen LogP contribution in [0.2, 0.25) is 0 Å². The fourth-order valence-electron chi connectivity index (χ4n) is 4.10. The first-order valence-electron chi connectivity index (χ1n) is 7.67. The largest absolute Gasteiger partial charge is 0.375 e. The second kappa shape index (κ2) is 4.89. The lowest BCUT2D eigenvalue weighted by atomic mass is 9.74. The van der Waals surface area contributed by atoms with Crippen molar-refractivity contribution in [2.24, 2.45) is 17.6 Å². The molecule has 1 saturated heterocycles. The Morgan fingerprint density at radius 3 is 2.53 bits per heavy atom. The quantitative estimate of drug-likeness (QED) is 0.818. The Kier molecular flexibility index (Phi) is 3.45. The van der Waals surface area contributed by atoms with Gasteiger partial charge in [0, 0.05) is 12.6 Å². The van der Waals surface area contributed by atoms with E-state index in [1.807, 2.05) is 0 Å². The average Bonchev–Trinajstić information content (AvgIpc) is 2.71. The molecule has 3 aliphatic rings. The van der Waals surface area contributed by atoms with E-state index in [-0.39, 0.29) is 5.60 Å². The molecule has 3 fully saturated rings. The highest BCUT2D eigenvalue weighted by atomic mass is 16.5. The van der Waals surface area contributed by atoms with Crippen LogP contribution in [0.3, 0.4) is 0 Å². The highest BCUT2D eigenvalue weighted by Gasteiger charge is 2.41. The van der Waals surface area contributed by atoms with Gasteiger partial charge in [-0.2, -0.15) is 0 Å². The van der Waals surface area contributed by atoms with Gasteiger partial charge in [-0.25, -0.2) is 0 Å². The van der Waals surface area contributed by atoms with Crippen LogP contribution in [0.5, 0.6) is 0 Å². The van der Waals surface area contributed by atoms with E-state index in [9.17, 15) is 0 Å². The van der Waals surface area contributed by atoms with Gasteiger partial charge >= 0.3 is 0 Å². The van der Waals surface area contributed by atoms with Crippen molar-refractivity contribution in [3.63, 3.8) is 0 Å². The molecule has 1 spiro atoms. The minimum absolute atomic E-state index is 0.250. The van der Waals surface area contributed by atoms with Crippen LogP contribution in [0.4, 0.5) is 0 Å². The first-order valence-corrected chi connectivity index (χ1v) is 7.67. The molecule has 0 aromatic rings. The molecule has 17 heavy (non-hydrogen) atoms. The summed E-state index contributed by atoms with van der Waals surface area (Å²) < 4.78 is 6.10. The molecule has 2 aliphatic carbocycles. The SMILES string of the molecule is NC(CC1CCC1)C1CCOC2(CCCC2)C1. The van der Waals surface area contributed by atoms with Crippen molar-refractivity contribution in [2.75, 3.05) is 6.61 Å². The van der Waals surface area contributed by atoms with Crippen LogP contribution in [0.15, 0.2) is 0 Å². The van der Waals surface area contributed by atoms with E-state index >= 15 is 0 Å². The summed E-state index contributed by atoms with van der Waals surface area (Å²) in [6, 6.07) is 0.446. The predicted octanol–water partition coefficient (Wildman–Crippen LogP) is 3.24. The minimum atomic E-state index is 0.250. The standard InChI is InChI=1S/C15H27NO/c16-14(10-12-4-3-5-12)13-6-9-17-15(11-13)7-1-2-8-15/h12-14H,1-11,16H2. The lowest BCUT2D eigenvalue weighted by Gasteiger charge is -2.41. The normalized spacial score (nSPS) is 34.8. The molecule has 2 atom stereocenters. The Morgan fingerprint density at radius 2 is 1.88 bits per heavy atom. The molecule has 2 N–H and O–H groups in total. The van der Waals surface area contributed by atoms with E-state index in [0.29, 0.717) is 6.04 Å². The molecule has 2 heteroatoms. The first kappa shape index (κ1) is 12.0. The topological polar surface area (TPSA) is 35.2 Å². The van der Waals surface area contributed by atoms with Gasteiger partial charge in [-0.15, -0.1) is 0 Å². The van der Waals surface area contributed by atoms with E-state index in [4.69, 9.17) is 10.5 Å². The summed E-state index contributed by atoms with van der Waals surface area (Å²) >= 11 is 0. The fourth-order valence-corrected chi connectivity index (χ4v) is 4.10. The maximum absolute atomic E-state index is 6.45. The fraction of sp³-hybridized carbons (Fsp3) is 1.00. The van der Waals surface area contributed by atoms with Gasteiger partial charge in [0.25, 0.3) is 0 Å². The van der Waals surface area contributed by atoms with Gasteiger partial charge in [0.05, 0.1) is 5.60 Å². The summed E-state index contributed by atoms with van der Waals surface area (Å²) in [6.45, 7) is 0.961. The average molecular weight is 237 g/mol. The first-order chi connectivity index (χ1) is 8.27. The summed E-state index contributed by atoms with van der Waals surface area (Å²) in [5, 5.41) is 0. The van der Waals surface area contributed by atoms with Gasteiger partial charge in [-0.3, -0.25) is 0 Å². The van der Waals surface area contributed by atoms with Crippen LogP contribution in [0.1, 0.15) is 64.2 Å². The molecular weight excluding hydrogens is 210 g/mol. The van der Waals surface area contributed by atoms with Crippen molar-refractivity contribution in [1.29, 1.82) is 0 Å². The molecule has 1 aliphatic heterocycles. The Balaban J connectivity index is 1.55. The van der Waals surface area contributed by atoms with Gasteiger partial charge in [0.1, 0.15) is 0 Å². The van der Waals surface area contributed by atoms with Crippen molar-refractivity contribution in [3.05, 3.63) is 0 Å². The third-order valence-electron chi connectivity index (χ3n) is 5.48. The molecule has 98 valence electrons. The van der Waals surface area contributed by atoms with Crippen LogP contribution in [-0.2, 0) is 4.74 Å². The summed E-state index contributed by atoms with van der Waals surface area (Å²) in [6.07, 6.45) is 13.4. The highest BCUT2D eigenvalue weighted by molar-refractivity contribution is 4.94. The van der Waals surface area contributed by atoms with Crippen LogP contribution in [-0.4, -0.2) is 18.2 Å². The van der Waals surface area contributed by atoms with Crippen molar-refractivity contribution >= 4 is 0 Å². The van der Waals surface area contributed by atoms with Gasteiger partial charge in [-0.1, -0.05) is 32.1 Å². The zero-order valence-electron chi connectivity index (χ0n) is 11.0. The molecule has 2 nitrogen and oxygen atoms in total. The number of ether oxygens (including phenoxy) is 1. The minimum Gasteiger partial charge on any atom is -0.375 e. The van der Waals surface area contributed by atoms with Gasteiger partial charge in [-0.05, 0) is 43.9 Å². The predicted molar refractivity (Wildman–Crippen MR) is 69.8 cm³/mol. The van der Waals surface area contributed by atoms with E-state index in [0.717, 1.165) is 18.4 Å². The molecule has 0 bridgehead atoms. The molecule has 2 unspecified atom stereocenters. The number of hydrogen-bond acceptors (Lipinski definition) is 2. The maximum atomic E-state index is 6.45. The lowest BCUT2D eigenvalue weighted by Crippen LogP contribution is -2.44. The maximum Gasteiger partial charge on any atom is 0.0685 e. The number of rotatable bonds is 3. The smallest absolute Gasteiger partial charge is 0.0685 e. The molecule has 3 rings (SSSR count). The van der Waals surface area contributed by atoms with Crippen LogP contribution in [0.25, 0.3) is 0 Å². The van der Waals surface area contributed by atoms with Crippen molar-refractivity contribution in [1.82, 2.24) is 0 Å². The van der Waals surface area contributed by atoms with Gasteiger partial charge < -0.3 is 10.5 Å². The number of hydrogen-bond donors (Lipinski definition) is 1. The van der Waals surface area contributed by atoms with E-state index < -0.39 is 0 Å². The third kappa shape index (κ3) is 2.53. The van der Waals surface area contributed by atoms with E-state index in [1.165, 1.54) is 64.2 Å². The molecule has 2 saturated carbocycles. The summed E-state index contributed by atoms with van der Waals surface area (Å²) in [5.41, 5.74) is 6.70. The van der Waals surface area contributed by atoms with Gasteiger partial charge in [0.2, 0.25) is 0 Å². The Bertz CT molecular complexity index is 256. The Hall–Kier alpha value is -0.0800. The van der Waals surface area contributed by atoms with Crippen LogP contribution in [0, 0.1) is 11.8 Å². The lowest BCUT2D eigenvalue weighted by molar-refractivity contribution is -0.0973. The van der Waals surface area contributed by atoms with Crippen LogP contribution < -0.4 is 5.73 Å². The van der Waals surface area contributed by atoms with E-state index in [2.05, 4.69) is 0 Å². The summed E-state index contributed by atoms with van der Waals surface area (Å²) in [7, 11) is 0. The molecule has 0 aromatic heterocycles. The zero-order valence-corrected chi connectivity index (χ0v) is 11.0. The second-order valence-corrected chi connectivity index (χ2v) is 6.69. The molecular formula is C15H27NO. The Morgan fingerprint density at radius 1 is 1.12 bits per heavy atom. The monoisotopic (exact) mass is 237 g/mol. The highest BCUT2D eigenvalue weighted by Crippen LogP contribution is 2.43.